The predicted molar refractivity (Wildman–Crippen MR) is 68.7 cm³/mol. The van der Waals surface area contributed by atoms with Gasteiger partial charge in [0.05, 0.1) is 0 Å². The number of hydrogen-bond donors (Lipinski definition) is 3. The Morgan fingerprint density at radius 1 is 1.31 bits per heavy atom. The van der Waals surface area contributed by atoms with Crippen molar-refractivity contribution in [2.24, 2.45) is 23.7 Å². The second-order valence-electron chi connectivity index (χ2n) is 5.26. The monoisotopic (exact) mass is 237 g/mol. The normalized spacial score (nSPS) is 43.4. The van der Waals surface area contributed by atoms with Crippen LogP contribution in [0.4, 0.5) is 0 Å². The number of hydrogen-bond acceptors (Lipinski definition) is 2. The topological polar surface area (TPSA) is 36.1 Å². The molecule has 3 N–H and O–H groups in total. The molecule has 5 atom stereocenters. The number of nitrogens with one attached hydrogen (secondary N) is 3. The predicted octanol–water partition coefficient (Wildman–Crippen LogP) is 1.19. The van der Waals surface area contributed by atoms with Crippen LogP contribution in [0, 0.1) is 23.7 Å². The van der Waals surface area contributed by atoms with Gasteiger partial charge < -0.3 is 5.32 Å². The van der Waals surface area contributed by atoms with E-state index in [4.69, 9.17) is 12.2 Å². The van der Waals surface area contributed by atoms with Crippen molar-refractivity contribution in [1.29, 1.82) is 0 Å². The Labute approximate surface area is 102 Å². The lowest BCUT2D eigenvalue weighted by atomic mass is 9.79. The highest BCUT2D eigenvalue weighted by Crippen LogP contribution is 2.56. The van der Waals surface area contributed by atoms with Crippen LogP contribution < -0.4 is 16.2 Å². The first-order chi connectivity index (χ1) is 7.79. The minimum absolute atomic E-state index is 0.586. The number of rotatable bonds is 2. The number of hydrazine groups is 1. The molecule has 2 saturated carbocycles. The molecule has 0 aromatic rings. The molecule has 2 fully saturated rings. The number of fused-ring (bicyclic) bond motifs is 5. The highest BCUT2D eigenvalue weighted by molar-refractivity contribution is 7.80. The third-order valence-corrected chi connectivity index (χ3v) is 4.78. The Bertz CT molecular complexity index is 328. The number of allylic oxidation sites excluding steroid dienone is 2. The summed E-state index contributed by atoms with van der Waals surface area (Å²) in [6, 6.07) is 0.586. The standard InChI is InChI=1S/C12H19N3S/c1-13-15-12(16)14-11-6-7-5-10(11)9-4-2-3-8(7)9/h2,4,7-11,13H,3,5-6H2,1H3,(H2,14,15,16)/t7-,8-,9+,10+,11-/m1/s1. The first-order valence-electron chi connectivity index (χ1n) is 6.19. The molecule has 3 nitrogen and oxygen atoms in total. The molecule has 0 aliphatic heterocycles. The van der Waals surface area contributed by atoms with Crippen LogP contribution in [0.25, 0.3) is 0 Å². The maximum atomic E-state index is 5.22. The first-order valence-corrected chi connectivity index (χ1v) is 6.60. The van der Waals surface area contributed by atoms with Crippen LogP contribution in [0.5, 0.6) is 0 Å². The Kier molecular flexibility index (Phi) is 2.64. The molecule has 0 unspecified atom stereocenters. The van der Waals surface area contributed by atoms with E-state index in [1.807, 2.05) is 7.05 Å². The summed E-state index contributed by atoms with van der Waals surface area (Å²) in [4.78, 5) is 0. The van der Waals surface area contributed by atoms with E-state index < -0.39 is 0 Å². The third kappa shape index (κ3) is 1.55. The first kappa shape index (κ1) is 10.5. The zero-order valence-electron chi connectivity index (χ0n) is 9.57. The molecule has 3 rings (SSSR count). The molecule has 3 aliphatic rings. The van der Waals surface area contributed by atoms with Gasteiger partial charge in [0.1, 0.15) is 0 Å². The van der Waals surface area contributed by atoms with Crippen LogP contribution in [0.1, 0.15) is 19.3 Å². The molecule has 0 spiro atoms. The summed E-state index contributed by atoms with van der Waals surface area (Å²) in [5, 5.41) is 4.18. The van der Waals surface area contributed by atoms with E-state index >= 15 is 0 Å². The van der Waals surface area contributed by atoms with Gasteiger partial charge in [0.25, 0.3) is 0 Å². The van der Waals surface area contributed by atoms with Gasteiger partial charge in [0, 0.05) is 13.1 Å². The van der Waals surface area contributed by atoms with E-state index in [0.29, 0.717) is 6.04 Å². The Hall–Kier alpha value is -0.610. The van der Waals surface area contributed by atoms with E-state index in [1.54, 1.807) is 0 Å². The van der Waals surface area contributed by atoms with Gasteiger partial charge in [-0.1, -0.05) is 12.2 Å². The molecule has 4 heteroatoms. The van der Waals surface area contributed by atoms with Gasteiger partial charge in [-0.2, -0.15) is 0 Å². The summed E-state index contributed by atoms with van der Waals surface area (Å²) in [5.41, 5.74) is 5.81. The maximum absolute atomic E-state index is 5.22. The minimum Gasteiger partial charge on any atom is -0.359 e. The van der Waals surface area contributed by atoms with E-state index in [0.717, 1.165) is 28.8 Å². The van der Waals surface area contributed by atoms with Crippen molar-refractivity contribution < 1.29 is 0 Å². The van der Waals surface area contributed by atoms with Crippen molar-refractivity contribution in [3.05, 3.63) is 12.2 Å². The van der Waals surface area contributed by atoms with Gasteiger partial charge in [-0.25, -0.2) is 5.43 Å². The van der Waals surface area contributed by atoms with E-state index in [1.165, 1.54) is 19.3 Å². The van der Waals surface area contributed by atoms with Gasteiger partial charge >= 0.3 is 0 Å². The molecule has 2 bridgehead atoms. The lowest BCUT2D eigenvalue weighted by molar-refractivity contribution is 0.245. The lowest BCUT2D eigenvalue weighted by Gasteiger charge is -2.32. The average Bonchev–Trinajstić information content (AvgIpc) is 2.86. The van der Waals surface area contributed by atoms with Crippen molar-refractivity contribution in [3.8, 4) is 0 Å². The van der Waals surface area contributed by atoms with Crippen LogP contribution in [-0.2, 0) is 0 Å². The van der Waals surface area contributed by atoms with Crippen molar-refractivity contribution in [2.75, 3.05) is 7.05 Å². The van der Waals surface area contributed by atoms with E-state index in [9.17, 15) is 0 Å². The Morgan fingerprint density at radius 2 is 2.19 bits per heavy atom. The fourth-order valence-electron chi connectivity index (χ4n) is 4.03. The van der Waals surface area contributed by atoms with Crippen molar-refractivity contribution in [2.45, 2.75) is 25.3 Å². The van der Waals surface area contributed by atoms with Crippen LogP contribution in [-0.4, -0.2) is 18.2 Å². The molecule has 0 aromatic carbocycles. The largest absolute Gasteiger partial charge is 0.359 e. The van der Waals surface area contributed by atoms with Gasteiger partial charge in [0.2, 0.25) is 0 Å². The summed E-state index contributed by atoms with van der Waals surface area (Å²) in [7, 11) is 1.84. The molecule has 0 radical (unpaired) electrons. The SMILES string of the molecule is CNNC(=S)N[C@@H]1C[C@H]2C[C@H]1[C@H]1C=CC[C@H]21. The average molecular weight is 237 g/mol. The second kappa shape index (κ2) is 4.00. The molecule has 88 valence electrons. The minimum atomic E-state index is 0.586. The molecule has 0 amide bonds. The highest BCUT2D eigenvalue weighted by Gasteiger charge is 2.52. The summed E-state index contributed by atoms with van der Waals surface area (Å²) >= 11 is 5.22. The third-order valence-electron chi connectivity index (χ3n) is 4.56. The van der Waals surface area contributed by atoms with Gasteiger partial charge in [-0.15, -0.1) is 0 Å². The summed E-state index contributed by atoms with van der Waals surface area (Å²) < 4.78 is 0. The van der Waals surface area contributed by atoms with Crippen molar-refractivity contribution in [1.82, 2.24) is 16.2 Å². The van der Waals surface area contributed by atoms with Crippen LogP contribution in [0.2, 0.25) is 0 Å². The van der Waals surface area contributed by atoms with Gasteiger partial charge in [-0.05, 0) is 55.2 Å². The van der Waals surface area contributed by atoms with Gasteiger partial charge in [0.15, 0.2) is 5.11 Å². The molecule has 0 saturated heterocycles. The maximum Gasteiger partial charge on any atom is 0.181 e. The summed E-state index contributed by atoms with van der Waals surface area (Å²) in [6.07, 6.45) is 8.84. The van der Waals surface area contributed by atoms with Crippen LogP contribution >= 0.6 is 12.2 Å². The fourth-order valence-corrected chi connectivity index (χ4v) is 4.28. The van der Waals surface area contributed by atoms with E-state index in [2.05, 4.69) is 28.3 Å². The quantitative estimate of drug-likeness (QED) is 0.383. The fraction of sp³-hybridized carbons (Fsp3) is 0.750. The van der Waals surface area contributed by atoms with Gasteiger partial charge in [-0.3, -0.25) is 5.43 Å². The number of thiocarbonyl (C=S) groups is 1. The highest BCUT2D eigenvalue weighted by atomic mass is 32.1. The Morgan fingerprint density at radius 3 is 3.00 bits per heavy atom. The molecule has 0 aromatic heterocycles. The molecular formula is C12H19N3S. The van der Waals surface area contributed by atoms with Crippen molar-refractivity contribution >= 4 is 17.3 Å². The summed E-state index contributed by atoms with van der Waals surface area (Å²) in [5.74, 6) is 3.52. The zero-order valence-corrected chi connectivity index (χ0v) is 10.4. The smallest absolute Gasteiger partial charge is 0.181 e. The summed E-state index contributed by atoms with van der Waals surface area (Å²) in [6.45, 7) is 0. The molecular weight excluding hydrogens is 218 g/mol. The molecule has 16 heavy (non-hydrogen) atoms. The molecule has 0 heterocycles. The van der Waals surface area contributed by atoms with Crippen molar-refractivity contribution in [3.63, 3.8) is 0 Å². The second-order valence-corrected chi connectivity index (χ2v) is 5.66. The zero-order chi connectivity index (χ0) is 11.1. The molecule has 3 aliphatic carbocycles. The van der Waals surface area contributed by atoms with E-state index in [-0.39, 0.29) is 0 Å². The van der Waals surface area contributed by atoms with Crippen LogP contribution in [0.3, 0.4) is 0 Å². The lowest BCUT2D eigenvalue weighted by Crippen LogP contribution is -2.49. The van der Waals surface area contributed by atoms with Crippen LogP contribution in [0.15, 0.2) is 12.2 Å². The Balaban J connectivity index is 1.63.